The second-order valence-electron chi connectivity index (χ2n) is 16.2. The van der Waals surface area contributed by atoms with E-state index in [0.29, 0.717) is 6.42 Å². The van der Waals surface area contributed by atoms with Crippen LogP contribution in [-0.2, 0) is 14.3 Å². The number of hydrogen-bond acceptors (Lipinski definition) is 8. The van der Waals surface area contributed by atoms with Gasteiger partial charge in [0.2, 0.25) is 5.91 Å². The molecule has 0 spiro atoms. The van der Waals surface area contributed by atoms with Crippen molar-refractivity contribution in [2.75, 3.05) is 13.2 Å². The Balaban J connectivity index is 2.36. The molecule has 1 heterocycles. The lowest BCUT2D eigenvalue weighted by Gasteiger charge is -2.40. The monoisotopic (exact) mass is 770 g/mol. The molecule has 2 unspecified atom stereocenters. The SMILES string of the molecule is CCCCCCCCCCCCCCC/C=C/[C@@H](O)[C@H](CO[C@@H]1O[C@H](CO)[C@H](O)C(O)C1O)NC(=O)CCCCCCCCCCCCCCCCCC. The van der Waals surface area contributed by atoms with Crippen LogP contribution in [0.3, 0.4) is 0 Å². The highest BCUT2D eigenvalue weighted by molar-refractivity contribution is 5.76. The number of aliphatic hydroxyl groups is 5. The third-order valence-electron chi connectivity index (χ3n) is 11.1. The Morgan fingerprint density at radius 1 is 0.611 bits per heavy atom. The molecular weight excluding hydrogens is 682 g/mol. The molecule has 54 heavy (non-hydrogen) atoms. The highest BCUT2D eigenvalue weighted by Gasteiger charge is 2.44. The highest BCUT2D eigenvalue weighted by atomic mass is 16.7. The van der Waals surface area contributed by atoms with Gasteiger partial charge in [-0.2, -0.15) is 0 Å². The zero-order chi connectivity index (χ0) is 39.5. The molecule has 1 aliphatic heterocycles. The maximum absolute atomic E-state index is 12.9. The van der Waals surface area contributed by atoms with Gasteiger partial charge in [0.05, 0.1) is 25.4 Å². The quantitative estimate of drug-likeness (QED) is 0.0269. The number of unbranched alkanes of at least 4 members (excludes halogenated alkanes) is 28. The van der Waals surface area contributed by atoms with Crippen LogP contribution >= 0.6 is 0 Å². The van der Waals surface area contributed by atoms with Crippen molar-refractivity contribution in [2.24, 2.45) is 0 Å². The topological polar surface area (TPSA) is 149 Å². The van der Waals surface area contributed by atoms with E-state index >= 15 is 0 Å². The molecule has 1 fully saturated rings. The van der Waals surface area contributed by atoms with E-state index < -0.39 is 49.5 Å². The molecule has 9 nitrogen and oxygen atoms in total. The van der Waals surface area contributed by atoms with Gasteiger partial charge in [0.25, 0.3) is 0 Å². The molecule has 0 saturated carbocycles. The van der Waals surface area contributed by atoms with Gasteiger partial charge in [0.1, 0.15) is 24.4 Å². The Labute approximate surface area is 331 Å². The Morgan fingerprint density at radius 2 is 1.02 bits per heavy atom. The lowest BCUT2D eigenvalue weighted by Crippen LogP contribution is -2.60. The fourth-order valence-electron chi connectivity index (χ4n) is 7.39. The molecule has 9 heteroatoms. The van der Waals surface area contributed by atoms with Crippen molar-refractivity contribution in [1.82, 2.24) is 5.32 Å². The lowest BCUT2D eigenvalue weighted by molar-refractivity contribution is -0.302. The summed E-state index contributed by atoms with van der Waals surface area (Å²) in [5.74, 6) is -0.174. The number of rotatable bonds is 38. The summed E-state index contributed by atoms with van der Waals surface area (Å²) in [6, 6.07) is -0.797. The van der Waals surface area contributed by atoms with Crippen LogP contribution in [0.15, 0.2) is 12.2 Å². The number of carbonyl (C=O) groups is 1. The molecule has 1 amide bonds. The van der Waals surface area contributed by atoms with Crippen molar-refractivity contribution >= 4 is 5.91 Å². The summed E-state index contributed by atoms with van der Waals surface area (Å²) in [6.45, 7) is 3.78. The van der Waals surface area contributed by atoms with Crippen molar-refractivity contribution < 1.29 is 39.8 Å². The highest BCUT2D eigenvalue weighted by Crippen LogP contribution is 2.23. The number of aliphatic hydroxyl groups excluding tert-OH is 5. The first kappa shape index (κ1) is 50.9. The number of amides is 1. The molecule has 1 saturated heterocycles. The van der Waals surface area contributed by atoms with Crippen LogP contribution in [0.2, 0.25) is 0 Å². The molecule has 320 valence electrons. The maximum atomic E-state index is 12.9. The molecular formula is C45H87NO8. The van der Waals surface area contributed by atoms with Crippen LogP contribution in [0.4, 0.5) is 0 Å². The summed E-state index contributed by atoms with van der Waals surface area (Å²) in [5, 5.41) is 54.2. The minimum atomic E-state index is -1.56. The molecule has 0 aromatic carbocycles. The van der Waals surface area contributed by atoms with E-state index in [4.69, 9.17) is 9.47 Å². The average molecular weight is 770 g/mol. The molecule has 1 rings (SSSR count). The summed E-state index contributed by atoms with van der Waals surface area (Å²) in [6.07, 6.45) is 33.9. The second kappa shape index (κ2) is 36.3. The Bertz CT molecular complexity index is 858. The minimum absolute atomic E-state index is 0.174. The van der Waals surface area contributed by atoms with Gasteiger partial charge in [-0.3, -0.25) is 4.79 Å². The van der Waals surface area contributed by atoms with Gasteiger partial charge in [-0.25, -0.2) is 0 Å². The lowest BCUT2D eigenvalue weighted by atomic mass is 9.99. The number of hydrogen-bond donors (Lipinski definition) is 6. The molecule has 0 aromatic heterocycles. The van der Waals surface area contributed by atoms with E-state index in [1.54, 1.807) is 6.08 Å². The largest absolute Gasteiger partial charge is 0.394 e. The predicted octanol–water partition coefficient (Wildman–Crippen LogP) is 9.34. The third kappa shape index (κ3) is 26.7. The molecule has 6 N–H and O–H groups in total. The van der Waals surface area contributed by atoms with Gasteiger partial charge in [-0.15, -0.1) is 0 Å². The van der Waals surface area contributed by atoms with Crippen molar-refractivity contribution in [3.05, 3.63) is 12.2 Å². The van der Waals surface area contributed by atoms with Crippen LogP contribution in [0.25, 0.3) is 0 Å². The molecule has 1 aliphatic rings. The molecule has 0 radical (unpaired) electrons. The van der Waals surface area contributed by atoms with Crippen LogP contribution < -0.4 is 5.32 Å². The van der Waals surface area contributed by atoms with Gasteiger partial charge >= 0.3 is 0 Å². The number of ether oxygens (including phenoxy) is 2. The van der Waals surface area contributed by atoms with Crippen LogP contribution in [0, 0.1) is 0 Å². The Morgan fingerprint density at radius 3 is 1.44 bits per heavy atom. The second-order valence-corrected chi connectivity index (χ2v) is 16.2. The molecule has 0 aromatic rings. The smallest absolute Gasteiger partial charge is 0.220 e. The third-order valence-corrected chi connectivity index (χ3v) is 11.1. The molecule has 0 bridgehead atoms. The van der Waals surface area contributed by atoms with E-state index in [1.165, 1.54) is 154 Å². The van der Waals surface area contributed by atoms with E-state index in [9.17, 15) is 30.3 Å². The van der Waals surface area contributed by atoms with Crippen LogP contribution in [-0.4, -0.2) is 87.5 Å². The zero-order valence-electron chi connectivity index (χ0n) is 35.0. The van der Waals surface area contributed by atoms with Gasteiger partial charge < -0.3 is 40.3 Å². The fourth-order valence-corrected chi connectivity index (χ4v) is 7.39. The van der Waals surface area contributed by atoms with E-state index in [1.807, 2.05) is 6.08 Å². The van der Waals surface area contributed by atoms with E-state index in [2.05, 4.69) is 19.2 Å². The average Bonchev–Trinajstić information content (AvgIpc) is 3.17. The van der Waals surface area contributed by atoms with Crippen LogP contribution in [0.1, 0.15) is 213 Å². The minimum Gasteiger partial charge on any atom is -0.394 e. The Hall–Kier alpha value is -1.07. The van der Waals surface area contributed by atoms with Gasteiger partial charge in [-0.1, -0.05) is 199 Å². The first-order chi connectivity index (χ1) is 26.3. The number of carbonyl (C=O) groups excluding carboxylic acids is 1. The summed E-state index contributed by atoms with van der Waals surface area (Å²) in [5.41, 5.74) is 0. The number of nitrogens with one attached hydrogen (secondary N) is 1. The summed E-state index contributed by atoms with van der Waals surface area (Å²) < 4.78 is 11.2. The van der Waals surface area contributed by atoms with Crippen molar-refractivity contribution in [1.29, 1.82) is 0 Å². The first-order valence-corrected chi connectivity index (χ1v) is 22.9. The maximum Gasteiger partial charge on any atom is 0.220 e. The fraction of sp³-hybridized carbons (Fsp3) is 0.933. The van der Waals surface area contributed by atoms with Gasteiger partial charge in [0.15, 0.2) is 6.29 Å². The van der Waals surface area contributed by atoms with Crippen LogP contribution in [0.5, 0.6) is 0 Å². The predicted molar refractivity (Wildman–Crippen MR) is 221 cm³/mol. The molecule has 0 aliphatic carbocycles. The van der Waals surface area contributed by atoms with Crippen molar-refractivity contribution in [3.63, 3.8) is 0 Å². The van der Waals surface area contributed by atoms with Crippen molar-refractivity contribution in [2.45, 2.75) is 256 Å². The first-order valence-electron chi connectivity index (χ1n) is 22.9. The zero-order valence-corrected chi connectivity index (χ0v) is 35.0. The van der Waals surface area contributed by atoms with Crippen molar-refractivity contribution in [3.8, 4) is 0 Å². The van der Waals surface area contributed by atoms with Gasteiger partial charge in [0, 0.05) is 6.42 Å². The number of allylic oxidation sites excluding steroid dienone is 1. The summed E-state index contributed by atoms with van der Waals surface area (Å²) >= 11 is 0. The molecule has 7 atom stereocenters. The normalized spacial score (nSPS) is 21.5. The van der Waals surface area contributed by atoms with Gasteiger partial charge in [-0.05, 0) is 19.3 Å². The van der Waals surface area contributed by atoms with E-state index in [-0.39, 0.29) is 12.5 Å². The Kier molecular flexibility index (Phi) is 34.2. The standard InChI is InChI=1S/C45H87NO8/c1-3-5-7-9-11-13-15-17-19-21-23-25-27-29-31-33-35-41(49)46-38(37-53-45-44(52)43(51)42(50)40(36-47)54-45)39(48)34-32-30-28-26-24-22-20-18-16-14-12-10-8-6-4-2/h32,34,38-40,42-45,47-48,50-52H,3-31,33,35-37H2,1-2H3,(H,46,49)/b34-32+/t38-,39+,40+,42-,43?,44?,45+/m0/s1. The van der Waals surface area contributed by atoms with E-state index in [0.717, 1.165) is 38.5 Å². The summed E-state index contributed by atoms with van der Waals surface area (Å²) in [4.78, 5) is 12.9. The summed E-state index contributed by atoms with van der Waals surface area (Å²) in [7, 11) is 0.